The summed E-state index contributed by atoms with van der Waals surface area (Å²) in [5.74, 6) is 0.680. The second kappa shape index (κ2) is 8.48. The van der Waals surface area contributed by atoms with E-state index in [2.05, 4.69) is 6.92 Å². The molecule has 1 aliphatic carbocycles. The largest absolute Gasteiger partial charge is 0.527 e. The molecule has 0 aromatic heterocycles. The maximum absolute atomic E-state index is 13.5. The maximum Gasteiger partial charge on any atom is 0.527 e. The Morgan fingerprint density at radius 1 is 0.933 bits per heavy atom. The molecule has 7 nitrogen and oxygen atoms in total. The molecule has 1 saturated heterocycles. The highest BCUT2D eigenvalue weighted by Crippen LogP contribution is 2.38. The van der Waals surface area contributed by atoms with Crippen LogP contribution in [0.3, 0.4) is 0 Å². The van der Waals surface area contributed by atoms with Crippen LogP contribution >= 0.6 is 0 Å². The summed E-state index contributed by atoms with van der Waals surface area (Å²) in [6.45, 7) is 15.0. The van der Waals surface area contributed by atoms with E-state index in [4.69, 9.17) is 4.74 Å². The van der Waals surface area contributed by atoms with Crippen molar-refractivity contribution in [2.24, 2.45) is 11.3 Å². The molecule has 2 rings (SSSR count). The van der Waals surface area contributed by atoms with Gasteiger partial charge in [-0.1, -0.05) is 27.7 Å². The molecular weight excluding hydrogens is 384 g/mol. The molecule has 2 aliphatic rings. The van der Waals surface area contributed by atoms with Gasteiger partial charge in [0.15, 0.2) is 0 Å². The standard InChI is InChI=1S/C23H40N2O5/c1-15-9-11-17(12-10-15)24(19(26)22(3,4)5)18-13-16(2)25(14-18,20(27)28)21(29)30-23(6,7)8/h15-18H,9-14H2,1-8H3/p+1/t15?,16?,17?,18-,25?/m0/s1. The average molecular weight is 426 g/mol. The molecule has 1 saturated carbocycles. The fourth-order valence-electron chi connectivity index (χ4n) is 4.84. The number of hydrogen-bond donors (Lipinski definition) is 1. The molecule has 3 amide bonds. The van der Waals surface area contributed by atoms with Crippen LogP contribution in [0.5, 0.6) is 0 Å². The molecule has 1 aliphatic heterocycles. The van der Waals surface area contributed by atoms with Crippen LogP contribution in [0, 0.1) is 11.3 Å². The van der Waals surface area contributed by atoms with Crippen molar-refractivity contribution in [1.82, 2.24) is 4.90 Å². The lowest BCUT2D eigenvalue weighted by atomic mass is 9.84. The number of rotatable bonds is 2. The molecular formula is C23H41N2O5+. The molecule has 3 atom stereocenters. The van der Waals surface area contributed by atoms with Gasteiger partial charge >= 0.3 is 12.2 Å². The third-order valence-electron chi connectivity index (χ3n) is 6.57. The van der Waals surface area contributed by atoms with Gasteiger partial charge in [0.1, 0.15) is 18.2 Å². The van der Waals surface area contributed by atoms with Crippen molar-refractivity contribution in [1.29, 1.82) is 0 Å². The highest BCUT2D eigenvalue weighted by Gasteiger charge is 2.61. The summed E-state index contributed by atoms with van der Waals surface area (Å²) in [6, 6.07) is -0.675. The number of carbonyl (C=O) groups is 3. The van der Waals surface area contributed by atoms with Crippen molar-refractivity contribution in [3.63, 3.8) is 0 Å². The Hall–Kier alpha value is -1.63. The van der Waals surface area contributed by atoms with Crippen LogP contribution < -0.4 is 0 Å². The van der Waals surface area contributed by atoms with Gasteiger partial charge in [0.05, 0.1) is 6.04 Å². The minimum Gasteiger partial charge on any atom is -0.435 e. The number of imide groups is 1. The molecule has 1 N–H and O–H groups in total. The minimum atomic E-state index is -1.21. The number of likely N-dealkylation sites (tertiary alicyclic amines) is 1. The molecule has 0 bridgehead atoms. The molecule has 0 radical (unpaired) electrons. The van der Waals surface area contributed by atoms with E-state index >= 15 is 0 Å². The summed E-state index contributed by atoms with van der Waals surface area (Å²) < 4.78 is 4.74. The first kappa shape index (κ1) is 24.6. The van der Waals surface area contributed by atoms with Gasteiger partial charge < -0.3 is 14.7 Å². The summed E-state index contributed by atoms with van der Waals surface area (Å²) in [5.41, 5.74) is -1.35. The summed E-state index contributed by atoms with van der Waals surface area (Å²) in [7, 11) is 0. The Morgan fingerprint density at radius 2 is 1.47 bits per heavy atom. The maximum atomic E-state index is 13.5. The fourth-order valence-corrected chi connectivity index (χ4v) is 4.84. The molecule has 172 valence electrons. The van der Waals surface area contributed by atoms with E-state index in [-0.39, 0.29) is 24.5 Å². The number of carboxylic acid groups (broad SMARTS) is 1. The van der Waals surface area contributed by atoms with E-state index in [0.29, 0.717) is 12.3 Å². The van der Waals surface area contributed by atoms with Gasteiger partial charge in [0, 0.05) is 17.9 Å². The SMILES string of the molecule is CC1CCC(N(C(=O)C(C)(C)C)[C@H]2CC(C)[N+](C(=O)O)(C(=O)OC(C)(C)C)C2)CC1. The minimum absolute atomic E-state index is 0.0360. The van der Waals surface area contributed by atoms with Crippen LogP contribution in [-0.2, 0) is 9.53 Å². The Balaban J connectivity index is 2.39. The molecule has 2 unspecified atom stereocenters. The lowest BCUT2D eigenvalue weighted by Crippen LogP contribution is -2.61. The number of quaternary nitrogens is 1. The van der Waals surface area contributed by atoms with Gasteiger partial charge in [-0.2, -0.15) is 9.59 Å². The van der Waals surface area contributed by atoms with Crippen LogP contribution in [0.1, 0.15) is 87.5 Å². The van der Waals surface area contributed by atoms with Crippen molar-refractivity contribution in [2.75, 3.05) is 6.54 Å². The number of carbonyl (C=O) groups excluding carboxylic acids is 2. The van der Waals surface area contributed by atoms with Gasteiger partial charge in [-0.05, 0) is 59.3 Å². The highest BCUT2D eigenvalue weighted by atomic mass is 16.6. The molecule has 0 aromatic rings. The number of ether oxygens (including phenoxy) is 1. The van der Waals surface area contributed by atoms with E-state index in [0.717, 1.165) is 25.7 Å². The first-order valence-corrected chi connectivity index (χ1v) is 11.3. The lowest BCUT2D eigenvalue weighted by molar-refractivity contribution is -0.797. The van der Waals surface area contributed by atoms with E-state index in [1.807, 2.05) is 25.7 Å². The van der Waals surface area contributed by atoms with Gasteiger partial charge in [-0.25, -0.2) is 0 Å². The van der Waals surface area contributed by atoms with Gasteiger partial charge in [0.2, 0.25) is 5.91 Å². The normalized spacial score (nSPS) is 32.5. The summed E-state index contributed by atoms with van der Waals surface area (Å²) in [6.07, 6.45) is 2.49. The Kier molecular flexibility index (Phi) is 6.97. The van der Waals surface area contributed by atoms with Crippen LogP contribution in [0.4, 0.5) is 9.59 Å². The summed E-state index contributed by atoms with van der Waals surface area (Å²) in [5, 5.41) is 10.1. The third kappa shape index (κ3) is 4.98. The second-order valence-electron chi connectivity index (χ2n) is 11.4. The average Bonchev–Trinajstić information content (AvgIpc) is 2.92. The van der Waals surface area contributed by atoms with Gasteiger partial charge in [-0.15, -0.1) is 4.48 Å². The van der Waals surface area contributed by atoms with Crippen molar-refractivity contribution in [2.45, 2.75) is 111 Å². The van der Waals surface area contributed by atoms with Gasteiger partial charge in [0.25, 0.3) is 0 Å². The first-order valence-electron chi connectivity index (χ1n) is 11.3. The zero-order valence-electron chi connectivity index (χ0n) is 20.0. The topological polar surface area (TPSA) is 83.9 Å². The lowest BCUT2D eigenvalue weighted by Gasteiger charge is -2.42. The molecule has 2 fully saturated rings. The van der Waals surface area contributed by atoms with Crippen LogP contribution in [0.2, 0.25) is 0 Å². The zero-order chi connectivity index (χ0) is 23.1. The van der Waals surface area contributed by atoms with E-state index in [9.17, 15) is 19.5 Å². The predicted octanol–water partition coefficient (Wildman–Crippen LogP) is 5.03. The smallest absolute Gasteiger partial charge is 0.435 e. The van der Waals surface area contributed by atoms with Crippen molar-refractivity contribution >= 4 is 18.1 Å². The van der Waals surface area contributed by atoms with Crippen molar-refractivity contribution in [3.05, 3.63) is 0 Å². The molecule has 30 heavy (non-hydrogen) atoms. The number of nitrogens with zero attached hydrogens (tertiary/aromatic N) is 2. The predicted molar refractivity (Wildman–Crippen MR) is 115 cm³/mol. The Labute approximate surface area is 181 Å². The number of hydrogen-bond acceptors (Lipinski definition) is 4. The highest BCUT2D eigenvalue weighted by molar-refractivity contribution is 5.82. The second-order valence-corrected chi connectivity index (χ2v) is 11.4. The van der Waals surface area contributed by atoms with Crippen molar-refractivity contribution in [3.8, 4) is 0 Å². The van der Waals surface area contributed by atoms with Crippen LogP contribution in [-0.4, -0.2) is 62.9 Å². The zero-order valence-corrected chi connectivity index (χ0v) is 20.0. The first-order chi connectivity index (χ1) is 13.6. The molecule has 0 aromatic carbocycles. The Bertz CT molecular complexity index is 670. The number of amides is 3. The van der Waals surface area contributed by atoms with Crippen molar-refractivity contribution < 1.29 is 28.7 Å². The quantitative estimate of drug-likeness (QED) is 0.627. The molecule has 0 spiro atoms. The summed E-state index contributed by atoms with van der Waals surface area (Å²) >= 11 is 0. The van der Waals surface area contributed by atoms with E-state index in [1.165, 1.54) is 0 Å². The Morgan fingerprint density at radius 3 is 1.90 bits per heavy atom. The van der Waals surface area contributed by atoms with E-state index < -0.39 is 33.7 Å². The van der Waals surface area contributed by atoms with Gasteiger partial charge in [-0.3, -0.25) is 4.79 Å². The molecule has 1 heterocycles. The van der Waals surface area contributed by atoms with Crippen LogP contribution in [0.15, 0.2) is 0 Å². The van der Waals surface area contributed by atoms with Crippen LogP contribution in [0.25, 0.3) is 0 Å². The van der Waals surface area contributed by atoms with E-state index in [1.54, 1.807) is 27.7 Å². The monoisotopic (exact) mass is 425 g/mol. The fraction of sp³-hybridized carbons (Fsp3) is 0.870. The third-order valence-corrected chi connectivity index (χ3v) is 6.57. The molecule has 7 heteroatoms. The summed E-state index contributed by atoms with van der Waals surface area (Å²) in [4.78, 5) is 40.9.